The van der Waals surface area contributed by atoms with Gasteiger partial charge in [0.1, 0.15) is 11.0 Å². The van der Waals surface area contributed by atoms with Gasteiger partial charge in [-0.25, -0.2) is 13.0 Å². The molecule has 1 saturated heterocycles. The third-order valence-corrected chi connectivity index (χ3v) is 5.36. The highest BCUT2D eigenvalue weighted by Crippen LogP contribution is 2.27. The predicted molar refractivity (Wildman–Crippen MR) is 99.9 cm³/mol. The second kappa shape index (κ2) is 9.15. The van der Waals surface area contributed by atoms with Crippen molar-refractivity contribution in [2.45, 2.75) is 69.5 Å². The highest BCUT2D eigenvalue weighted by Gasteiger charge is 2.34. The molecular weight excluding hydrogens is 360 g/mol. The Morgan fingerprint density at radius 2 is 1.96 bits per heavy atom. The summed E-state index contributed by atoms with van der Waals surface area (Å²) in [5, 5.41) is 0. The van der Waals surface area contributed by atoms with Gasteiger partial charge in [0.15, 0.2) is 0 Å². The van der Waals surface area contributed by atoms with E-state index in [4.69, 9.17) is 9.47 Å². The molecule has 1 fully saturated rings. The summed E-state index contributed by atoms with van der Waals surface area (Å²) in [6.07, 6.45) is 0.612. The molecule has 0 N–H and O–H groups in total. The van der Waals surface area contributed by atoms with Gasteiger partial charge in [0, 0.05) is 6.42 Å². The van der Waals surface area contributed by atoms with Crippen LogP contribution in [0.3, 0.4) is 0 Å². The van der Waals surface area contributed by atoms with Crippen LogP contribution >= 0.6 is 0 Å². The number of halogens is 2. The van der Waals surface area contributed by atoms with Crippen LogP contribution < -0.4 is 0 Å². The van der Waals surface area contributed by atoms with Crippen LogP contribution in [0.2, 0.25) is 0 Å². The van der Waals surface area contributed by atoms with E-state index < -0.39 is 34.2 Å². The normalized spacial score (nSPS) is 23.3. The lowest BCUT2D eigenvalue weighted by Crippen LogP contribution is -2.36. The number of rotatable bonds is 7. The van der Waals surface area contributed by atoms with E-state index in [1.165, 1.54) is 0 Å². The van der Waals surface area contributed by atoms with Crippen LogP contribution in [0.1, 0.15) is 45.6 Å². The highest BCUT2D eigenvalue weighted by molar-refractivity contribution is 7.85. The van der Waals surface area contributed by atoms with Crippen LogP contribution in [0.4, 0.5) is 8.78 Å². The third kappa shape index (κ3) is 7.21. The van der Waals surface area contributed by atoms with Crippen molar-refractivity contribution in [1.29, 1.82) is 0 Å². The van der Waals surface area contributed by atoms with E-state index in [1.54, 1.807) is 20.8 Å². The lowest BCUT2D eigenvalue weighted by atomic mass is 10.0. The molecule has 0 spiro atoms. The van der Waals surface area contributed by atoms with Crippen molar-refractivity contribution in [2.24, 2.45) is 4.40 Å². The van der Waals surface area contributed by atoms with Crippen molar-refractivity contribution in [3.8, 4) is 0 Å². The molecule has 0 bridgehead atoms. The molecule has 0 aromatic heterocycles. The van der Waals surface area contributed by atoms with Gasteiger partial charge in [-0.2, -0.15) is 4.40 Å². The van der Waals surface area contributed by atoms with Crippen LogP contribution in [0.15, 0.2) is 34.7 Å². The Kier molecular flexibility index (Phi) is 7.43. The van der Waals surface area contributed by atoms with Gasteiger partial charge in [0.25, 0.3) is 5.92 Å². The Bertz CT molecular complexity index is 609. The zero-order valence-electron chi connectivity index (χ0n) is 15.5. The van der Waals surface area contributed by atoms with Crippen LogP contribution in [-0.4, -0.2) is 39.9 Å². The number of nitrogens with zero attached hydrogens (tertiary/aromatic N) is 1. The SMILES string of the molecule is CC(C)(C)S(=O)N=CC(F)(F)C[C@H]1CC[C@H](OCc2ccccc2)CO1. The maximum atomic E-state index is 14.0. The Morgan fingerprint density at radius 3 is 2.54 bits per heavy atom. The molecule has 0 aliphatic carbocycles. The molecule has 0 saturated carbocycles. The highest BCUT2D eigenvalue weighted by atomic mass is 32.2. The lowest BCUT2D eigenvalue weighted by Gasteiger charge is -2.30. The van der Waals surface area contributed by atoms with Gasteiger partial charge in [-0.3, -0.25) is 0 Å². The molecule has 1 unspecified atom stereocenters. The molecule has 2 rings (SSSR count). The molecule has 0 amide bonds. The van der Waals surface area contributed by atoms with Crippen molar-refractivity contribution < 1.29 is 22.5 Å². The second-order valence-corrected chi connectivity index (χ2v) is 9.45. The number of benzene rings is 1. The Hall–Kier alpha value is -1.18. The van der Waals surface area contributed by atoms with E-state index in [9.17, 15) is 13.0 Å². The number of alkyl halides is 2. The topological polar surface area (TPSA) is 47.9 Å². The minimum atomic E-state index is -3.14. The van der Waals surface area contributed by atoms with Gasteiger partial charge in [-0.1, -0.05) is 30.3 Å². The lowest BCUT2D eigenvalue weighted by molar-refractivity contribution is -0.109. The molecule has 146 valence electrons. The van der Waals surface area contributed by atoms with Gasteiger partial charge >= 0.3 is 0 Å². The van der Waals surface area contributed by atoms with E-state index in [0.717, 1.165) is 5.56 Å². The standard InChI is InChI=1S/C19H27F2NO3S/c1-18(2,3)26(23)22-14-19(20,21)11-16-9-10-17(13-25-16)24-12-15-7-5-4-6-8-15/h4-8,14,16-17H,9-13H2,1-3H3/t16-,17+,26?/m1/s1. The van der Waals surface area contributed by atoms with Gasteiger partial charge in [-0.15, -0.1) is 0 Å². The maximum Gasteiger partial charge on any atom is 0.286 e. The Morgan fingerprint density at radius 1 is 1.27 bits per heavy atom. The van der Waals surface area contributed by atoms with Crippen molar-refractivity contribution in [1.82, 2.24) is 0 Å². The van der Waals surface area contributed by atoms with Gasteiger partial charge in [-0.05, 0) is 39.2 Å². The quantitative estimate of drug-likeness (QED) is 0.655. The third-order valence-electron chi connectivity index (χ3n) is 4.02. The van der Waals surface area contributed by atoms with E-state index in [0.29, 0.717) is 32.3 Å². The smallest absolute Gasteiger partial charge is 0.286 e. The van der Waals surface area contributed by atoms with E-state index in [1.807, 2.05) is 30.3 Å². The fraction of sp³-hybridized carbons (Fsp3) is 0.632. The molecule has 0 radical (unpaired) electrons. The first-order valence-electron chi connectivity index (χ1n) is 8.78. The molecule has 4 nitrogen and oxygen atoms in total. The second-order valence-electron chi connectivity index (χ2n) is 7.51. The Labute approximate surface area is 156 Å². The van der Waals surface area contributed by atoms with Crippen LogP contribution in [0.5, 0.6) is 0 Å². The molecule has 1 aromatic rings. The molecule has 1 aromatic carbocycles. The average Bonchev–Trinajstić information content (AvgIpc) is 2.59. The largest absolute Gasteiger partial charge is 0.375 e. The van der Waals surface area contributed by atoms with Crippen LogP contribution in [-0.2, 0) is 27.1 Å². The van der Waals surface area contributed by atoms with E-state index in [-0.39, 0.29) is 6.10 Å². The first-order valence-corrected chi connectivity index (χ1v) is 9.88. The molecule has 3 atom stereocenters. The summed E-state index contributed by atoms with van der Waals surface area (Å²) in [5.74, 6) is -3.14. The van der Waals surface area contributed by atoms with Crippen LogP contribution in [0, 0.1) is 0 Å². The van der Waals surface area contributed by atoms with Gasteiger partial charge in [0.05, 0.1) is 36.4 Å². The monoisotopic (exact) mass is 387 g/mol. The molecule has 7 heteroatoms. The molecule has 26 heavy (non-hydrogen) atoms. The number of ether oxygens (including phenoxy) is 2. The minimum absolute atomic E-state index is 0.0814. The fourth-order valence-corrected chi connectivity index (χ4v) is 3.07. The molecule has 1 heterocycles. The number of hydrogen-bond acceptors (Lipinski definition) is 3. The minimum Gasteiger partial charge on any atom is -0.375 e. The molecular formula is C19H27F2NO3S. The summed E-state index contributed by atoms with van der Waals surface area (Å²) in [7, 11) is -1.69. The van der Waals surface area contributed by atoms with Gasteiger partial charge in [0.2, 0.25) is 0 Å². The fourth-order valence-electron chi connectivity index (χ4n) is 2.50. The number of hydrogen-bond donors (Lipinski definition) is 0. The molecule has 1 aliphatic rings. The zero-order chi connectivity index (χ0) is 19.2. The molecule has 1 aliphatic heterocycles. The first kappa shape index (κ1) is 21.1. The van der Waals surface area contributed by atoms with Crippen molar-refractivity contribution in [3.05, 3.63) is 35.9 Å². The van der Waals surface area contributed by atoms with E-state index in [2.05, 4.69) is 4.40 Å². The zero-order valence-corrected chi connectivity index (χ0v) is 16.3. The van der Waals surface area contributed by atoms with Crippen molar-refractivity contribution in [2.75, 3.05) is 6.61 Å². The van der Waals surface area contributed by atoms with Crippen LogP contribution in [0.25, 0.3) is 0 Å². The maximum absolute atomic E-state index is 14.0. The summed E-state index contributed by atoms with van der Waals surface area (Å²) in [6, 6.07) is 9.80. The van der Waals surface area contributed by atoms with E-state index >= 15 is 0 Å². The predicted octanol–water partition coefficient (Wildman–Crippen LogP) is 4.31. The summed E-state index contributed by atoms with van der Waals surface area (Å²) in [4.78, 5) is 0. The first-order chi connectivity index (χ1) is 12.2. The Balaban J connectivity index is 1.75. The average molecular weight is 387 g/mol. The summed E-state index contributed by atoms with van der Waals surface area (Å²) >= 11 is 0. The summed E-state index contributed by atoms with van der Waals surface area (Å²) in [5.41, 5.74) is 1.07. The van der Waals surface area contributed by atoms with Crippen molar-refractivity contribution in [3.63, 3.8) is 0 Å². The van der Waals surface area contributed by atoms with Gasteiger partial charge < -0.3 is 9.47 Å². The van der Waals surface area contributed by atoms with Crippen molar-refractivity contribution >= 4 is 17.2 Å². The summed E-state index contributed by atoms with van der Waals surface area (Å²) in [6.45, 7) is 5.87. The summed E-state index contributed by atoms with van der Waals surface area (Å²) < 4.78 is 54.0.